The van der Waals surface area contributed by atoms with Crippen LogP contribution in [0, 0.1) is 6.85 Å². The average Bonchev–Trinajstić information content (AvgIpc) is 2.54. The number of ether oxygens (including phenoxy) is 2. The Morgan fingerprint density at radius 2 is 2.19 bits per heavy atom. The van der Waals surface area contributed by atoms with Crippen molar-refractivity contribution in [3.8, 4) is 16.9 Å². The summed E-state index contributed by atoms with van der Waals surface area (Å²) in [4.78, 5) is 19.9. The van der Waals surface area contributed by atoms with E-state index in [-0.39, 0.29) is 39.9 Å². The number of aryl methyl sites for hydroxylation is 1. The average molecular weight is 313 g/mol. The van der Waals surface area contributed by atoms with Crippen LogP contribution in [0.5, 0.6) is 5.75 Å². The topological polar surface area (TPSA) is 61.3 Å². The molecule has 0 bridgehead atoms. The lowest BCUT2D eigenvalue weighted by Crippen LogP contribution is -2.08. The predicted molar refractivity (Wildman–Crippen MR) is 79.7 cm³/mol. The standard InChI is InChI=1S/C15H15ClN2O3/c1-4-21-15(19)12-7-17-9(2)5-10(12)11-6-14(16)18-8-13(11)20-3/h5-8H,4H2,1-3H3/i2D3,3D3. The first-order valence-corrected chi connectivity index (χ1v) is 6.32. The molecule has 2 rings (SSSR count). The first kappa shape index (κ1) is 9.00. The minimum absolute atomic E-state index is 0.00931. The lowest BCUT2D eigenvalue weighted by Gasteiger charge is -2.13. The highest BCUT2D eigenvalue weighted by Gasteiger charge is 2.18. The van der Waals surface area contributed by atoms with Crippen molar-refractivity contribution in [3.05, 3.63) is 40.9 Å². The van der Waals surface area contributed by atoms with Gasteiger partial charge < -0.3 is 9.47 Å². The van der Waals surface area contributed by atoms with Crippen molar-refractivity contribution in [1.29, 1.82) is 0 Å². The molecule has 6 heteroatoms. The van der Waals surface area contributed by atoms with E-state index < -0.39 is 19.9 Å². The molecule has 2 heterocycles. The van der Waals surface area contributed by atoms with Crippen LogP contribution in [0.2, 0.25) is 5.15 Å². The van der Waals surface area contributed by atoms with Gasteiger partial charge in [-0.05, 0) is 25.9 Å². The molecule has 0 saturated heterocycles. The molecule has 0 fully saturated rings. The van der Waals surface area contributed by atoms with Crippen molar-refractivity contribution in [2.24, 2.45) is 0 Å². The molecular formula is C15H15ClN2O3. The highest BCUT2D eigenvalue weighted by molar-refractivity contribution is 6.29. The number of halogens is 1. The molecule has 0 atom stereocenters. The molecule has 0 unspecified atom stereocenters. The van der Waals surface area contributed by atoms with E-state index in [0.29, 0.717) is 0 Å². The van der Waals surface area contributed by atoms with Crippen LogP contribution in [0.25, 0.3) is 11.1 Å². The van der Waals surface area contributed by atoms with E-state index in [4.69, 9.17) is 29.3 Å². The summed E-state index contributed by atoms with van der Waals surface area (Å²) in [6.45, 7) is -0.868. The number of aromatic nitrogens is 2. The van der Waals surface area contributed by atoms with Gasteiger partial charge in [0.2, 0.25) is 0 Å². The zero-order valence-electron chi connectivity index (χ0n) is 17.0. The quantitative estimate of drug-likeness (QED) is 0.640. The third kappa shape index (κ3) is 3.31. The van der Waals surface area contributed by atoms with Gasteiger partial charge in [0.1, 0.15) is 10.9 Å². The summed E-state index contributed by atoms with van der Waals surface area (Å²) >= 11 is 5.91. The van der Waals surface area contributed by atoms with Gasteiger partial charge in [0, 0.05) is 27.1 Å². The van der Waals surface area contributed by atoms with Gasteiger partial charge in [-0.1, -0.05) is 11.6 Å². The van der Waals surface area contributed by atoms with E-state index in [2.05, 4.69) is 9.97 Å². The van der Waals surface area contributed by atoms with E-state index >= 15 is 0 Å². The van der Waals surface area contributed by atoms with Crippen molar-refractivity contribution >= 4 is 17.6 Å². The molecule has 21 heavy (non-hydrogen) atoms. The van der Waals surface area contributed by atoms with E-state index in [9.17, 15) is 4.79 Å². The zero-order valence-corrected chi connectivity index (χ0v) is 11.8. The van der Waals surface area contributed by atoms with E-state index in [0.717, 1.165) is 18.5 Å². The zero-order chi connectivity index (χ0) is 20.4. The van der Waals surface area contributed by atoms with Crippen molar-refractivity contribution < 1.29 is 22.5 Å². The Bertz CT molecular complexity index is 854. The number of methoxy groups -OCH3 is 1. The molecule has 0 spiro atoms. The van der Waals surface area contributed by atoms with Crippen molar-refractivity contribution in [2.45, 2.75) is 13.8 Å². The Labute approximate surface area is 136 Å². The smallest absolute Gasteiger partial charge is 0.340 e. The van der Waals surface area contributed by atoms with Crippen LogP contribution < -0.4 is 4.74 Å². The van der Waals surface area contributed by atoms with Gasteiger partial charge in [-0.15, -0.1) is 0 Å². The number of carbonyl (C=O) groups excluding carboxylic acids is 1. The summed E-state index contributed by atoms with van der Waals surface area (Å²) in [6, 6.07) is 2.42. The van der Waals surface area contributed by atoms with Crippen molar-refractivity contribution in [2.75, 3.05) is 13.6 Å². The number of nitrogens with zero attached hydrogens (tertiary/aromatic N) is 2. The Hall–Kier alpha value is -2.14. The lowest BCUT2D eigenvalue weighted by molar-refractivity contribution is 0.0527. The second-order valence-corrected chi connectivity index (χ2v) is 4.33. The van der Waals surface area contributed by atoms with E-state index in [1.54, 1.807) is 6.92 Å². The molecule has 0 aliphatic heterocycles. The maximum atomic E-state index is 12.3. The SMILES string of the molecule is [2H]C([2H])([2H])Oc1cnc(Cl)cc1-c1cc(C([2H])([2H])[2H])ncc1C(=O)OCC. The van der Waals surface area contributed by atoms with Gasteiger partial charge in [0.05, 0.1) is 29.5 Å². The van der Waals surface area contributed by atoms with Gasteiger partial charge >= 0.3 is 5.97 Å². The molecule has 0 amide bonds. The normalized spacial score (nSPS) is 15.7. The largest absolute Gasteiger partial charge is 0.494 e. The molecule has 110 valence electrons. The Morgan fingerprint density at radius 1 is 1.33 bits per heavy atom. The van der Waals surface area contributed by atoms with Gasteiger partial charge in [-0.3, -0.25) is 4.98 Å². The van der Waals surface area contributed by atoms with Crippen LogP contribution in [0.1, 0.15) is 31.2 Å². The van der Waals surface area contributed by atoms with Crippen LogP contribution in [0.3, 0.4) is 0 Å². The fraction of sp³-hybridized carbons (Fsp3) is 0.267. The van der Waals surface area contributed by atoms with E-state index in [1.807, 2.05) is 0 Å². The van der Waals surface area contributed by atoms with Gasteiger partial charge in [-0.25, -0.2) is 9.78 Å². The minimum atomic E-state index is -2.80. The first-order valence-electron chi connectivity index (χ1n) is 8.95. The number of pyridine rings is 2. The molecule has 0 radical (unpaired) electrons. The summed E-state index contributed by atoms with van der Waals surface area (Å²) in [7, 11) is -2.80. The number of esters is 1. The third-order valence-corrected chi connectivity index (χ3v) is 2.84. The summed E-state index contributed by atoms with van der Waals surface area (Å²) in [6.07, 6.45) is 2.14. The molecule has 0 aliphatic rings. The molecule has 2 aromatic heterocycles. The Morgan fingerprint density at radius 3 is 2.90 bits per heavy atom. The fourth-order valence-electron chi connectivity index (χ4n) is 1.76. The highest BCUT2D eigenvalue weighted by atomic mass is 35.5. The first-order chi connectivity index (χ1) is 12.4. The van der Waals surface area contributed by atoms with Crippen molar-refractivity contribution in [3.63, 3.8) is 0 Å². The third-order valence-electron chi connectivity index (χ3n) is 2.63. The summed E-state index contributed by atoms with van der Waals surface area (Å²) in [5, 5.41) is -0.00931. The molecule has 0 aliphatic carbocycles. The number of hydrogen-bond donors (Lipinski definition) is 0. The predicted octanol–water partition coefficient (Wildman–Crippen LogP) is 3.29. The van der Waals surface area contributed by atoms with Crippen LogP contribution in [-0.4, -0.2) is 29.6 Å². The number of rotatable bonds is 4. The van der Waals surface area contributed by atoms with Crippen LogP contribution in [0.4, 0.5) is 0 Å². The van der Waals surface area contributed by atoms with Crippen LogP contribution in [0.15, 0.2) is 24.5 Å². The Kier molecular flexibility index (Phi) is 2.80. The molecule has 5 nitrogen and oxygen atoms in total. The second-order valence-electron chi connectivity index (χ2n) is 3.94. The van der Waals surface area contributed by atoms with E-state index in [1.165, 1.54) is 6.07 Å². The summed E-state index contributed by atoms with van der Waals surface area (Å²) in [5.74, 6) is -0.961. The van der Waals surface area contributed by atoms with Gasteiger partial charge in [-0.2, -0.15) is 0 Å². The van der Waals surface area contributed by atoms with Gasteiger partial charge in [0.15, 0.2) is 0 Å². The van der Waals surface area contributed by atoms with Crippen molar-refractivity contribution in [1.82, 2.24) is 9.97 Å². The molecule has 0 N–H and O–H groups in total. The number of carbonyl (C=O) groups is 1. The maximum Gasteiger partial charge on any atom is 0.340 e. The maximum absolute atomic E-state index is 12.3. The van der Waals surface area contributed by atoms with Gasteiger partial charge in [0.25, 0.3) is 0 Å². The summed E-state index contributed by atoms with van der Waals surface area (Å²) in [5.41, 5.74) is -0.235. The monoisotopic (exact) mass is 312 g/mol. The minimum Gasteiger partial charge on any atom is -0.494 e. The lowest BCUT2D eigenvalue weighted by atomic mass is 10.0. The van der Waals surface area contributed by atoms with Crippen LogP contribution in [-0.2, 0) is 4.74 Å². The summed E-state index contributed by atoms with van der Waals surface area (Å²) < 4.78 is 54.3. The molecule has 2 aromatic rings. The molecule has 0 aromatic carbocycles. The van der Waals surface area contributed by atoms with Crippen LogP contribution >= 0.6 is 11.6 Å². The Balaban J connectivity index is 2.74. The fourth-order valence-corrected chi connectivity index (χ4v) is 1.92. The molecular weight excluding hydrogens is 292 g/mol. The molecule has 0 saturated carbocycles. The number of hydrogen-bond acceptors (Lipinski definition) is 5. The second kappa shape index (κ2) is 6.54. The highest BCUT2D eigenvalue weighted by Crippen LogP contribution is 2.33.